The number of carbonyl (C=O) groups is 3. The van der Waals surface area contributed by atoms with Gasteiger partial charge in [-0.2, -0.15) is 0 Å². The van der Waals surface area contributed by atoms with Crippen LogP contribution in [0.5, 0.6) is 0 Å². The van der Waals surface area contributed by atoms with Crippen LogP contribution in [0.4, 0.5) is 11.4 Å². The molecule has 1 aliphatic heterocycles. The molecular weight excluding hydrogens is 408 g/mol. The summed E-state index contributed by atoms with van der Waals surface area (Å²) < 4.78 is 25.0. The van der Waals surface area contributed by atoms with Crippen LogP contribution in [0.2, 0.25) is 5.02 Å². The van der Waals surface area contributed by atoms with Crippen molar-refractivity contribution in [2.75, 3.05) is 15.4 Å². The zero-order valence-corrected chi connectivity index (χ0v) is 16.1. The quantitative estimate of drug-likeness (QED) is 0.781. The predicted octanol–water partition coefficient (Wildman–Crippen LogP) is 2.60. The first-order chi connectivity index (χ1) is 13.1. The molecule has 28 heavy (non-hydrogen) atoms. The van der Waals surface area contributed by atoms with Crippen LogP contribution in [-0.2, 0) is 14.8 Å². The van der Waals surface area contributed by atoms with E-state index in [9.17, 15) is 22.8 Å². The van der Waals surface area contributed by atoms with Crippen LogP contribution in [0, 0.1) is 5.92 Å². The van der Waals surface area contributed by atoms with E-state index in [1.54, 1.807) is 0 Å². The maximum Gasteiger partial charge on any atom is 0.335 e. The maximum absolute atomic E-state index is 12.5. The topological polar surface area (TPSA) is 121 Å². The fourth-order valence-electron chi connectivity index (χ4n) is 2.83. The molecule has 1 heterocycles. The monoisotopic (exact) mass is 422 g/mol. The Morgan fingerprint density at radius 1 is 1.21 bits per heavy atom. The highest BCUT2D eigenvalue weighted by molar-refractivity contribution is 7.94. The minimum absolute atomic E-state index is 0.00566. The Hall–Kier alpha value is -2.91. The molecule has 10 heteroatoms. The number of benzene rings is 2. The number of carboxylic acid groups (broad SMARTS) is 1. The molecule has 0 saturated carbocycles. The van der Waals surface area contributed by atoms with E-state index in [1.165, 1.54) is 49.4 Å². The van der Waals surface area contributed by atoms with Gasteiger partial charge in [0.25, 0.3) is 5.91 Å². The molecule has 2 N–H and O–H groups in total. The van der Waals surface area contributed by atoms with Crippen molar-refractivity contribution in [1.29, 1.82) is 0 Å². The number of halogens is 1. The number of hydrogen-bond donors (Lipinski definition) is 2. The minimum atomic E-state index is -3.78. The molecule has 1 aliphatic rings. The largest absolute Gasteiger partial charge is 0.478 e. The lowest BCUT2D eigenvalue weighted by Gasteiger charge is -2.16. The normalized spacial score (nSPS) is 18.1. The molecule has 146 valence electrons. The predicted molar refractivity (Wildman–Crippen MR) is 103 cm³/mol. The number of sulfonamides is 1. The Morgan fingerprint density at radius 3 is 2.50 bits per heavy atom. The number of carboxylic acids is 1. The first kappa shape index (κ1) is 19.8. The van der Waals surface area contributed by atoms with E-state index in [0.29, 0.717) is 4.31 Å². The van der Waals surface area contributed by atoms with Gasteiger partial charge in [0, 0.05) is 5.69 Å². The Morgan fingerprint density at radius 2 is 1.93 bits per heavy atom. The van der Waals surface area contributed by atoms with E-state index in [4.69, 9.17) is 16.7 Å². The van der Waals surface area contributed by atoms with Crippen molar-refractivity contribution in [1.82, 2.24) is 0 Å². The third kappa shape index (κ3) is 3.71. The molecule has 1 fully saturated rings. The molecule has 0 unspecified atom stereocenters. The van der Waals surface area contributed by atoms with Crippen LogP contribution in [0.3, 0.4) is 0 Å². The lowest BCUT2D eigenvalue weighted by atomic mass is 10.1. The maximum atomic E-state index is 12.5. The number of anilines is 2. The van der Waals surface area contributed by atoms with E-state index in [0.717, 1.165) is 0 Å². The molecule has 0 spiro atoms. The zero-order valence-electron chi connectivity index (χ0n) is 14.5. The Kier molecular flexibility index (Phi) is 5.14. The van der Waals surface area contributed by atoms with Gasteiger partial charge in [0.1, 0.15) is 0 Å². The van der Waals surface area contributed by atoms with Crippen LogP contribution in [0.25, 0.3) is 0 Å². The van der Waals surface area contributed by atoms with Crippen LogP contribution in [0.15, 0.2) is 42.5 Å². The summed E-state index contributed by atoms with van der Waals surface area (Å²) in [5, 5.41) is 11.5. The molecular formula is C18H15ClN2O6S. The third-order valence-electron chi connectivity index (χ3n) is 4.16. The molecule has 1 saturated heterocycles. The molecule has 0 aromatic heterocycles. The second-order valence-electron chi connectivity index (χ2n) is 6.29. The van der Waals surface area contributed by atoms with Crippen LogP contribution >= 0.6 is 11.6 Å². The zero-order chi connectivity index (χ0) is 20.6. The minimum Gasteiger partial charge on any atom is -0.478 e. The summed E-state index contributed by atoms with van der Waals surface area (Å²) in [5.41, 5.74) is 0.370. The molecule has 8 nitrogen and oxygen atoms in total. The van der Waals surface area contributed by atoms with Gasteiger partial charge in [0.05, 0.1) is 33.5 Å². The number of amides is 2. The summed E-state index contributed by atoms with van der Waals surface area (Å²) in [7, 11) is -3.78. The number of carbonyl (C=O) groups excluding carboxylic acids is 2. The van der Waals surface area contributed by atoms with Gasteiger partial charge in [-0.3, -0.25) is 9.59 Å². The summed E-state index contributed by atoms with van der Waals surface area (Å²) in [4.78, 5) is 35.6. The van der Waals surface area contributed by atoms with E-state index in [1.807, 2.05) is 0 Å². The van der Waals surface area contributed by atoms with E-state index in [-0.39, 0.29) is 33.3 Å². The molecule has 1 atom stereocenters. The standard InChI is InChI=1S/C18H15ClN2O6S/c1-10-9-28(26,27)21(17(10)23)13-5-6-14(15(19)8-13)16(22)20-12-4-2-3-11(7-12)18(24)25/h2-8,10H,9H2,1H3,(H,20,22)(H,24,25)/t10-/m0/s1. The second kappa shape index (κ2) is 7.25. The highest BCUT2D eigenvalue weighted by atomic mass is 35.5. The van der Waals surface area contributed by atoms with Crippen LogP contribution in [0.1, 0.15) is 27.6 Å². The first-order valence-corrected chi connectivity index (χ1v) is 10.1. The Balaban J connectivity index is 1.87. The van der Waals surface area contributed by atoms with Crippen molar-refractivity contribution < 1.29 is 27.9 Å². The number of nitrogens with zero attached hydrogens (tertiary/aromatic N) is 1. The molecule has 0 aliphatic carbocycles. The number of rotatable bonds is 4. The van der Waals surface area contributed by atoms with E-state index < -0.39 is 33.7 Å². The van der Waals surface area contributed by atoms with Gasteiger partial charge in [-0.15, -0.1) is 0 Å². The highest BCUT2D eigenvalue weighted by Gasteiger charge is 2.42. The van der Waals surface area contributed by atoms with Gasteiger partial charge in [0.2, 0.25) is 15.9 Å². The average molecular weight is 423 g/mol. The van der Waals surface area contributed by atoms with Crippen molar-refractivity contribution in [3.05, 3.63) is 58.6 Å². The van der Waals surface area contributed by atoms with Crippen molar-refractivity contribution >= 4 is 50.8 Å². The molecule has 2 aromatic rings. The SMILES string of the molecule is C[C@H]1CS(=O)(=O)N(c2ccc(C(=O)Nc3cccc(C(=O)O)c3)c(Cl)c2)C1=O. The van der Waals surface area contributed by atoms with E-state index >= 15 is 0 Å². The first-order valence-electron chi connectivity index (χ1n) is 8.11. The number of aromatic carboxylic acids is 1. The van der Waals surface area contributed by atoms with Gasteiger partial charge in [-0.25, -0.2) is 17.5 Å². The summed E-state index contributed by atoms with van der Waals surface area (Å²) in [5.74, 6) is -3.25. The van der Waals surface area contributed by atoms with E-state index in [2.05, 4.69) is 5.32 Å². The Labute approximate surface area is 165 Å². The lowest BCUT2D eigenvalue weighted by Crippen LogP contribution is -2.30. The summed E-state index contributed by atoms with van der Waals surface area (Å²) in [6, 6.07) is 9.53. The summed E-state index contributed by atoms with van der Waals surface area (Å²) in [6.07, 6.45) is 0. The van der Waals surface area contributed by atoms with Gasteiger partial charge < -0.3 is 10.4 Å². The summed E-state index contributed by atoms with van der Waals surface area (Å²) >= 11 is 6.14. The summed E-state index contributed by atoms with van der Waals surface area (Å²) in [6.45, 7) is 1.52. The van der Waals surface area contributed by atoms with Gasteiger partial charge in [-0.1, -0.05) is 24.6 Å². The fraction of sp³-hybridized carbons (Fsp3) is 0.167. The fourth-order valence-corrected chi connectivity index (χ4v) is 4.90. The van der Waals surface area contributed by atoms with Crippen molar-refractivity contribution in [3.8, 4) is 0 Å². The average Bonchev–Trinajstić information content (AvgIpc) is 2.82. The molecule has 2 aromatic carbocycles. The number of hydrogen-bond acceptors (Lipinski definition) is 5. The highest BCUT2D eigenvalue weighted by Crippen LogP contribution is 2.31. The van der Waals surface area contributed by atoms with Gasteiger partial charge in [0.15, 0.2) is 0 Å². The second-order valence-corrected chi connectivity index (χ2v) is 8.56. The van der Waals surface area contributed by atoms with Crippen LogP contribution in [-0.4, -0.2) is 37.1 Å². The van der Waals surface area contributed by atoms with Crippen molar-refractivity contribution in [2.45, 2.75) is 6.92 Å². The van der Waals surface area contributed by atoms with Crippen LogP contribution < -0.4 is 9.62 Å². The number of nitrogens with one attached hydrogen (secondary N) is 1. The molecule has 0 radical (unpaired) electrons. The Bertz CT molecular complexity index is 1100. The third-order valence-corrected chi connectivity index (χ3v) is 6.34. The smallest absolute Gasteiger partial charge is 0.335 e. The van der Waals surface area contributed by atoms with Crippen molar-refractivity contribution in [3.63, 3.8) is 0 Å². The van der Waals surface area contributed by atoms with Crippen molar-refractivity contribution in [2.24, 2.45) is 5.92 Å². The molecule has 3 rings (SSSR count). The molecule has 0 bridgehead atoms. The van der Waals surface area contributed by atoms with Gasteiger partial charge in [-0.05, 0) is 36.4 Å². The van der Waals surface area contributed by atoms with Gasteiger partial charge >= 0.3 is 5.97 Å². The lowest BCUT2D eigenvalue weighted by molar-refractivity contribution is -0.119. The molecule has 2 amide bonds.